The highest BCUT2D eigenvalue weighted by atomic mass is 32.1. The van der Waals surface area contributed by atoms with E-state index in [1.54, 1.807) is 11.0 Å². The maximum atomic E-state index is 13.4. The van der Waals surface area contributed by atoms with Crippen molar-refractivity contribution in [2.24, 2.45) is 0 Å². The van der Waals surface area contributed by atoms with Crippen LogP contribution < -0.4 is 15.4 Å². The van der Waals surface area contributed by atoms with Crippen LogP contribution in [0, 0.1) is 0 Å². The fourth-order valence-corrected chi connectivity index (χ4v) is 5.99. The normalized spacial score (nSPS) is 14.3. The van der Waals surface area contributed by atoms with Crippen LogP contribution in [-0.2, 0) is 11.2 Å². The molecule has 0 spiro atoms. The standard InChI is InChI=1S/C26H31N3O5S2/c1-4-16-12-21-18(13-19(16)28-25(32)20-6-5-11-35-20)23(34-15(2)3)24(36-21)26(33)27-17-7-9-29(10-8-17)22(31)14-30/h5-6,11-13,15,17,30H,4,7-10,14H2,1-3H3,(H,27,33)(H,28,32). The van der Waals surface area contributed by atoms with E-state index < -0.39 is 6.61 Å². The molecule has 192 valence electrons. The van der Waals surface area contributed by atoms with Crippen molar-refractivity contribution < 1.29 is 24.2 Å². The number of anilines is 1. The highest BCUT2D eigenvalue weighted by Crippen LogP contribution is 2.41. The summed E-state index contributed by atoms with van der Waals surface area (Å²) in [4.78, 5) is 40.6. The van der Waals surface area contributed by atoms with Crippen molar-refractivity contribution in [1.82, 2.24) is 10.2 Å². The number of carbonyl (C=O) groups is 3. The van der Waals surface area contributed by atoms with Crippen LogP contribution in [0.3, 0.4) is 0 Å². The molecule has 1 aliphatic rings. The summed E-state index contributed by atoms with van der Waals surface area (Å²) in [6.07, 6.45) is 1.83. The Balaban J connectivity index is 1.61. The van der Waals surface area contributed by atoms with Crippen LogP contribution in [0.25, 0.3) is 10.1 Å². The molecule has 3 amide bonds. The summed E-state index contributed by atoms with van der Waals surface area (Å²) in [6.45, 7) is 6.36. The minimum Gasteiger partial charge on any atom is -0.489 e. The number of nitrogens with one attached hydrogen (secondary N) is 2. The zero-order chi connectivity index (χ0) is 25.8. The Morgan fingerprint density at radius 2 is 1.94 bits per heavy atom. The molecule has 0 radical (unpaired) electrons. The van der Waals surface area contributed by atoms with E-state index in [2.05, 4.69) is 10.6 Å². The molecule has 8 nitrogen and oxygen atoms in total. The van der Waals surface area contributed by atoms with Gasteiger partial charge in [-0.05, 0) is 62.3 Å². The lowest BCUT2D eigenvalue weighted by Crippen LogP contribution is -2.47. The van der Waals surface area contributed by atoms with Gasteiger partial charge in [0.05, 0.1) is 11.0 Å². The van der Waals surface area contributed by atoms with E-state index in [1.165, 1.54) is 22.7 Å². The van der Waals surface area contributed by atoms with Crippen molar-refractivity contribution in [3.63, 3.8) is 0 Å². The first-order valence-electron chi connectivity index (χ1n) is 12.1. The molecule has 1 aromatic carbocycles. The molecule has 3 aromatic rings. The van der Waals surface area contributed by atoms with Gasteiger partial charge in [0.25, 0.3) is 11.8 Å². The highest BCUT2D eigenvalue weighted by molar-refractivity contribution is 7.21. The molecule has 1 fully saturated rings. The Labute approximate surface area is 218 Å². The first-order chi connectivity index (χ1) is 17.3. The topological polar surface area (TPSA) is 108 Å². The van der Waals surface area contributed by atoms with E-state index in [0.29, 0.717) is 47.1 Å². The zero-order valence-corrected chi connectivity index (χ0v) is 22.3. The second-order valence-electron chi connectivity index (χ2n) is 9.00. The number of hydrogen-bond acceptors (Lipinski definition) is 7. The third-order valence-electron chi connectivity index (χ3n) is 6.12. The number of ether oxygens (including phenoxy) is 1. The summed E-state index contributed by atoms with van der Waals surface area (Å²) in [5, 5.41) is 17.9. The van der Waals surface area contributed by atoms with Crippen molar-refractivity contribution in [1.29, 1.82) is 0 Å². The molecule has 0 aliphatic carbocycles. The lowest BCUT2D eigenvalue weighted by Gasteiger charge is -2.32. The minimum atomic E-state index is -0.496. The number of hydrogen-bond donors (Lipinski definition) is 3. The summed E-state index contributed by atoms with van der Waals surface area (Å²) in [7, 11) is 0. The number of aliphatic hydroxyl groups is 1. The molecule has 0 unspecified atom stereocenters. The van der Waals surface area contributed by atoms with Crippen molar-refractivity contribution in [2.75, 3.05) is 25.0 Å². The van der Waals surface area contributed by atoms with Crippen LogP contribution in [-0.4, -0.2) is 59.6 Å². The van der Waals surface area contributed by atoms with E-state index in [-0.39, 0.29) is 29.9 Å². The molecule has 3 heterocycles. The van der Waals surface area contributed by atoms with Crippen molar-refractivity contribution in [2.45, 2.75) is 52.2 Å². The summed E-state index contributed by atoms with van der Waals surface area (Å²) >= 11 is 2.77. The van der Waals surface area contributed by atoms with E-state index in [9.17, 15) is 14.4 Å². The van der Waals surface area contributed by atoms with Gasteiger partial charge in [0.1, 0.15) is 11.5 Å². The van der Waals surface area contributed by atoms with Gasteiger partial charge in [-0.1, -0.05) is 13.0 Å². The SMILES string of the molecule is CCc1cc2sc(C(=O)NC3CCN(C(=O)CO)CC3)c(OC(C)C)c2cc1NC(=O)c1cccs1. The van der Waals surface area contributed by atoms with Crippen molar-refractivity contribution in [3.05, 3.63) is 45.0 Å². The van der Waals surface area contributed by atoms with Crippen LogP contribution in [0.4, 0.5) is 5.69 Å². The van der Waals surface area contributed by atoms with E-state index >= 15 is 0 Å². The number of likely N-dealkylation sites (tertiary alicyclic amines) is 1. The van der Waals surface area contributed by atoms with Crippen molar-refractivity contribution in [3.8, 4) is 5.75 Å². The van der Waals surface area contributed by atoms with Crippen molar-refractivity contribution >= 4 is 56.2 Å². The van der Waals surface area contributed by atoms with Gasteiger partial charge in [-0.25, -0.2) is 0 Å². The molecule has 2 aromatic heterocycles. The molecule has 4 rings (SSSR count). The van der Waals surface area contributed by atoms with Gasteiger partial charge in [0, 0.05) is 34.9 Å². The minimum absolute atomic E-state index is 0.0656. The van der Waals surface area contributed by atoms with Gasteiger partial charge in [-0.15, -0.1) is 22.7 Å². The highest BCUT2D eigenvalue weighted by Gasteiger charge is 2.27. The Morgan fingerprint density at radius 3 is 2.56 bits per heavy atom. The lowest BCUT2D eigenvalue weighted by atomic mass is 10.0. The number of aryl methyl sites for hydroxylation is 1. The number of aliphatic hydroxyl groups excluding tert-OH is 1. The molecule has 0 bridgehead atoms. The average molecular weight is 530 g/mol. The van der Waals surface area contributed by atoms with Crippen LogP contribution in [0.2, 0.25) is 0 Å². The summed E-state index contributed by atoms with van der Waals surface area (Å²) in [5.74, 6) is -0.138. The number of fused-ring (bicyclic) bond motifs is 1. The van der Waals surface area contributed by atoms with Gasteiger partial charge in [-0.2, -0.15) is 0 Å². The zero-order valence-electron chi connectivity index (χ0n) is 20.6. The number of benzene rings is 1. The Hall–Kier alpha value is -2.95. The van der Waals surface area contributed by atoms with Crippen LogP contribution in [0.1, 0.15) is 58.5 Å². The van der Waals surface area contributed by atoms with Gasteiger partial charge in [-0.3, -0.25) is 14.4 Å². The van der Waals surface area contributed by atoms with Gasteiger partial charge in [0.2, 0.25) is 5.91 Å². The van der Waals surface area contributed by atoms with E-state index in [4.69, 9.17) is 9.84 Å². The Morgan fingerprint density at radius 1 is 1.19 bits per heavy atom. The summed E-state index contributed by atoms with van der Waals surface area (Å²) in [5.41, 5.74) is 1.69. The van der Waals surface area contributed by atoms with Gasteiger partial charge >= 0.3 is 0 Å². The third kappa shape index (κ3) is 5.71. The molecular weight excluding hydrogens is 498 g/mol. The summed E-state index contributed by atoms with van der Waals surface area (Å²) < 4.78 is 7.06. The maximum absolute atomic E-state index is 13.4. The third-order valence-corrected chi connectivity index (χ3v) is 8.12. The number of rotatable bonds is 8. The fourth-order valence-electron chi connectivity index (χ4n) is 4.29. The second kappa shape index (κ2) is 11.4. The number of thiophene rings is 2. The summed E-state index contributed by atoms with van der Waals surface area (Å²) in [6, 6.07) is 7.49. The Kier molecular flexibility index (Phi) is 8.28. The molecule has 1 aliphatic heterocycles. The quantitative estimate of drug-likeness (QED) is 0.404. The largest absolute Gasteiger partial charge is 0.489 e. The molecular formula is C26H31N3O5S2. The predicted octanol–water partition coefficient (Wildman–Crippen LogP) is 4.28. The molecule has 1 saturated heterocycles. The van der Waals surface area contributed by atoms with Gasteiger partial charge < -0.3 is 25.4 Å². The number of carbonyl (C=O) groups excluding carboxylic acids is 3. The monoisotopic (exact) mass is 529 g/mol. The first kappa shape index (κ1) is 26.1. The lowest BCUT2D eigenvalue weighted by molar-refractivity contribution is -0.135. The molecule has 3 N–H and O–H groups in total. The van der Waals surface area contributed by atoms with Crippen LogP contribution in [0.5, 0.6) is 5.75 Å². The predicted molar refractivity (Wildman–Crippen MR) is 143 cm³/mol. The maximum Gasteiger partial charge on any atom is 0.265 e. The second-order valence-corrected chi connectivity index (χ2v) is 11.0. The fraction of sp³-hybridized carbons (Fsp3) is 0.423. The molecule has 36 heavy (non-hydrogen) atoms. The van der Waals surface area contributed by atoms with Crippen LogP contribution >= 0.6 is 22.7 Å². The number of amides is 3. The Bertz CT molecular complexity index is 1240. The van der Waals surface area contributed by atoms with Crippen LogP contribution in [0.15, 0.2) is 29.6 Å². The molecule has 0 saturated carbocycles. The average Bonchev–Trinajstić information content (AvgIpc) is 3.52. The molecule has 10 heteroatoms. The van der Waals surface area contributed by atoms with E-state index in [1.807, 2.05) is 44.4 Å². The smallest absolute Gasteiger partial charge is 0.265 e. The molecule has 0 atom stereocenters. The van der Waals surface area contributed by atoms with Gasteiger partial charge in [0.15, 0.2) is 5.75 Å². The van der Waals surface area contributed by atoms with E-state index in [0.717, 1.165) is 22.1 Å². The number of piperidine rings is 1. The number of nitrogens with zero attached hydrogens (tertiary/aromatic N) is 1. The first-order valence-corrected chi connectivity index (χ1v) is 13.8.